The van der Waals surface area contributed by atoms with Crippen molar-refractivity contribution in [3.05, 3.63) is 49.1 Å². The van der Waals surface area contributed by atoms with Gasteiger partial charge in [0.15, 0.2) is 11.5 Å². The Labute approximate surface area is 197 Å². The lowest BCUT2D eigenvalue weighted by molar-refractivity contribution is -0.118. The highest BCUT2D eigenvalue weighted by atomic mass is 16.5. The fraction of sp³-hybridized carbons (Fsp3) is 0.360. The van der Waals surface area contributed by atoms with Crippen molar-refractivity contribution in [2.75, 3.05) is 49.1 Å². The number of aromatic nitrogens is 4. The SMILES string of the molecule is O=CN1CCN(c2ccc3cccc(OCC4CCCN4c4ncnc5nc[nH]c45)c3c2)CC1. The second-order valence-electron chi connectivity index (χ2n) is 8.89. The molecule has 9 nitrogen and oxygen atoms in total. The molecule has 174 valence electrons. The summed E-state index contributed by atoms with van der Waals surface area (Å²) in [6.45, 7) is 4.71. The van der Waals surface area contributed by atoms with Crippen molar-refractivity contribution < 1.29 is 9.53 Å². The van der Waals surface area contributed by atoms with Gasteiger partial charge in [0.05, 0.1) is 12.4 Å². The van der Waals surface area contributed by atoms with E-state index < -0.39 is 0 Å². The first-order valence-electron chi connectivity index (χ1n) is 11.8. The number of carbonyl (C=O) groups excluding carboxylic acids is 1. The maximum Gasteiger partial charge on any atom is 0.209 e. The standard InChI is InChI=1S/C25H27N7O2/c33-17-30-9-11-31(12-10-30)19-7-6-18-3-1-5-22(21(18)13-19)34-14-20-4-2-8-32(20)25-23-24(27-15-26-23)28-16-29-25/h1,3,5-7,13,15-17,20H,2,4,8-12,14H2,(H,26,27,28,29). The zero-order valence-corrected chi connectivity index (χ0v) is 18.9. The summed E-state index contributed by atoms with van der Waals surface area (Å²) in [6, 6.07) is 13.0. The molecule has 0 spiro atoms. The van der Waals surface area contributed by atoms with Crippen molar-refractivity contribution in [1.82, 2.24) is 24.8 Å². The minimum Gasteiger partial charge on any atom is -0.491 e. The molecule has 0 saturated carbocycles. The van der Waals surface area contributed by atoms with Crippen LogP contribution in [0.1, 0.15) is 12.8 Å². The van der Waals surface area contributed by atoms with Gasteiger partial charge in [-0.2, -0.15) is 0 Å². The number of benzene rings is 2. The van der Waals surface area contributed by atoms with E-state index in [1.54, 1.807) is 12.7 Å². The molecule has 9 heteroatoms. The van der Waals surface area contributed by atoms with Crippen LogP contribution in [0.3, 0.4) is 0 Å². The molecule has 2 saturated heterocycles. The van der Waals surface area contributed by atoms with Gasteiger partial charge in [-0.1, -0.05) is 18.2 Å². The molecule has 1 amide bonds. The van der Waals surface area contributed by atoms with Gasteiger partial charge in [0, 0.05) is 43.8 Å². The molecule has 1 atom stereocenters. The van der Waals surface area contributed by atoms with Crippen LogP contribution in [0, 0.1) is 0 Å². The van der Waals surface area contributed by atoms with Crippen molar-refractivity contribution in [2.45, 2.75) is 18.9 Å². The number of amides is 1. The Morgan fingerprint density at radius 2 is 1.97 bits per heavy atom. The fourth-order valence-electron chi connectivity index (χ4n) is 5.08. The molecule has 0 radical (unpaired) electrons. The predicted molar refractivity (Wildman–Crippen MR) is 131 cm³/mol. The van der Waals surface area contributed by atoms with Crippen molar-refractivity contribution in [1.29, 1.82) is 0 Å². The van der Waals surface area contributed by atoms with Crippen LogP contribution in [0.2, 0.25) is 0 Å². The third-order valence-electron chi connectivity index (χ3n) is 6.94. The highest BCUT2D eigenvalue weighted by molar-refractivity contribution is 5.91. The van der Waals surface area contributed by atoms with E-state index in [0.717, 1.165) is 79.8 Å². The average Bonchev–Trinajstić information content (AvgIpc) is 3.57. The monoisotopic (exact) mass is 457 g/mol. The van der Waals surface area contributed by atoms with Crippen LogP contribution < -0.4 is 14.5 Å². The topological polar surface area (TPSA) is 90.5 Å². The molecule has 34 heavy (non-hydrogen) atoms. The number of nitrogens with one attached hydrogen (secondary N) is 1. The van der Waals surface area contributed by atoms with Gasteiger partial charge in [0.2, 0.25) is 6.41 Å². The van der Waals surface area contributed by atoms with E-state index in [-0.39, 0.29) is 6.04 Å². The van der Waals surface area contributed by atoms with E-state index in [2.05, 4.69) is 54.0 Å². The lowest BCUT2D eigenvalue weighted by Crippen LogP contribution is -2.45. The van der Waals surface area contributed by atoms with Gasteiger partial charge in [-0.15, -0.1) is 0 Å². The quantitative estimate of drug-likeness (QED) is 0.445. The minimum absolute atomic E-state index is 0.233. The Morgan fingerprint density at radius 3 is 2.85 bits per heavy atom. The molecule has 6 rings (SSSR count). The van der Waals surface area contributed by atoms with Crippen LogP contribution in [0.15, 0.2) is 49.1 Å². The Kier molecular flexibility index (Phi) is 5.37. The van der Waals surface area contributed by atoms with Crippen LogP contribution in [-0.2, 0) is 4.79 Å². The maximum atomic E-state index is 11.0. The van der Waals surface area contributed by atoms with Crippen LogP contribution in [0.5, 0.6) is 5.75 Å². The Bertz CT molecular complexity index is 1320. The summed E-state index contributed by atoms with van der Waals surface area (Å²) in [5.41, 5.74) is 2.73. The van der Waals surface area contributed by atoms with E-state index in [9.17, 15) is 4.79 Å². The number of aromatic amines is 1. The van der Waals surface area contributed by atoms with Gasteiger partial charge >= 0.3 is 0 Å². The number of hydrogen-bond acceptors (Lipinski definition) is 7. The molecular formula is C25H27N7O2. The first kappa shape index (κ1) is 20.7. The molecule has 2 aromatic carbocycles. The molecule has 1 unspecified atom stereocenters. The van der Waals surface area contributed by atoms with E-state index >= 15 is 0 Å². The molecule has 4 aromatic rings. The third-order valence-corrected chi connectivity index (χ3v) is 6.94. The molecule has 2 aromatic heterocycles. The zero-order valence-electron chi connectivity index (χ0n) is 18.9. The normalized spacial score (nSPS) is 18.7. The number of piperazine rings is 1. The van der Waals surface area contributed by atoms with Crippen LogP contribution in [0.4, 0.5) is 11.5 Å². The van der Waals surface area contributed by atoms with Crippen LogP contribution in [-0.4, -0.2) is 76.6 Å². The zero-order chi connectivity index (χ0) is 22.9. The Morgan fingerprint density at radius 1 is 1.06 bits per heavy atom. The minimum atomic E-state index is 0.233. The summed E-state index contributed by atoms with van der Waals surface area (Å²) >= 11 is 0. The number of fused-ring (bicyclic) bond motifs is 2. The first-order chi connectivity index (χ1) is 16.8. The molecular weight excluding hydrogens is 430 g/mol. The van der Waals surface area contributed by atoms with Gasteiger partial charge in [-0.05, 0) is 36.4 Å². The number of anilines is 2. The smallest absolute Gasteiger partial charge is 0.209 e. The van der Waals surface area contributed by atoms with Gasteiger partial charge in [-0.3, -0.25) is 4.79 Å². The highest BCUT2D eigenvalue weighted by Gasteiger charge is 2.28. The second kappa shape index (κ2) is 8.81. The average molecular weight is 458 g/mol. The first-order valence-corrected chi connectivity index (χ1v) is 11.8. The lowest BCUT2D eigenvalue weighted by atomic mass is 10.1. The molecule has 2 aliphatic heterocycles. The molecule has 0 aliphatic carbocycles. The number of nitrogens with zero attached hydrogens (tertiary/aromatic N) is 6. The highest BCUT2D eigenvalue weighted by Crippen LogP contribution is 2.32. The van der Waals surface area contributed by atoms with Crippen molar-refractivity contribution in [3.63, 3.8) is 0 Å². The molecule has 1 N–H and O–H groups in total. The summed E-state index contributed by atoms with van der Waals surface area (Å²) in [5, 5.41) is 2.27. The summed E-state index contributed by atoms with van der Waals surface area (Å²) in [6.07, 6.45) is 6.33. The third kappa shape index (κ3) is 3.76. The van der Waals surface area contributed by atoms with Gasteiger partial charge in [0.1, 0.15) is 24.2 Å². The number of hydrogen-bond donors (Lipinski definition) is 1. The predicted octanol–water partition coefficient (Wildman–Crippen LogP) is 2.83. The maximum absolute atomic E-state index is 11.0. The molecule has 0 bridgehead atoms. The second-order valence-corrected chi connectivity index (χ2v) is 8.89. The van der Waals surface area contributed by atoms with E-state index in [1.165, 1.54) is 5.69 Å². The number of rotatable bonds is 6. The number of imidazole rings is 1. The fourth-order valence-corrected chi connectivity index (χ4v) is 5.08. The van der Waals surface area contributed by atoms with Crippen LogP contribution >= 0.6 is 0 Å². The Balaban J connectivity index is 1.22. The molecule has 2 aliphatic rings. The summed E-state index contributed by atoms with van der Waals surface area (Å²) < 4.78 is 6.44. The number of H-pyrrole nitrogens is 1. The van der Waals surface area contributed by atoms with Crippen molar-refractivity contribution >= 4 is 39.9 Å². The summed E-state index contributed by atoms with van der Waals surface area (Å²) in [5.74, 6) is 1.79. The van der Waals surface area contributed by atoms with E-state index in [1.807, 2.05) is 17.0 Å². The van der Waals surface area contributed by atoms with Crippen molar-refractivity contribution in [3.8, 4) is 5.75 Å². The molecule has 4 heterocycles. The summed E-state index contributed by atoms with van der Waals surface area (Å²) in [4.78, 5) is 33.8. The van der Waals surface area contributed by atoms with Gasteiger partial charge < -0.3 is 24.4 Å². The molecule has 2 fully saturated rings. The van der Waals surface area contributed by atoms with Gasteiger partial charge in [0.25, 0.3) is 0 Å². The largest absolute Gasteiger partial charge is 0.491 e. The lowest BCUT2D eigenvalue weighted by Gasteiger charge is -2.34. The van der Waals surface area contributed by atoms with Crippen LogP contribution in [0.25, 0.3) is 21.9 Å². The van der Waals surface area contributed by atoms with Gasteiger partial charge in [-0.25, -0.2) is 15.0 Å². The summed E-state index contributed by atoms with van der Waals surface area (Å²) in [7, 11) is 0. The number of carbonyl (C=O) groups is 1. The van der Waals surface area contributed by atoms with Crippen molar-refractivity contribution in [2.24, 2.45) is 0 Å². The number of ether oxygens (including phenoxy) is 1. The van der Waals surface area contributed by atoms with E-state index in [4.69, 9.17) is 4.74 Å². The van der Waals surface area contributed by atoms with E-state index in [0.29, 0.717) is 12.3 Å². The Hall–Kier alpha value is -3.88.